The van der Waals surface area contributed by atoms with E-state index in [2.05, 4.69) is 15.5 Å². The van der Waals surface area contributed by atoms with Gasteiger partial charge in [-0.2, -0.15) is 0 Å². The first-order valence-electron chi connectivity index (χ1n) is 9.86. The van der Waals surface area contributed by atoms with E-state index in [0.29, 0.717) is 17.0 Å². The van der Waals surface area contributed by atoms with Crippen molar-refractivity contribution in [1.29, 1.82) is 0 Å². The third-order valence-corrected chi connectivity index (χ3v) is 6.02. The number of sulfone groups is 1. The van der Waals surface area contributed by atoms with Crippen LogP contribution in [-0.2, 0) is 26.7 Å². The molecule has 0 aliphatic heterocycles. The van der Waals surface area contributed by atoms with Crippen LogP contribution in [0, 0.1) is 0 Å². The zero-order valence-electron chi connectivity index (χ0n) is 17.9. The molecule has 1 heterocycles. The maximum absolute atomic E-state index is 12.8. The van der Waals surface area contributed by atoms with Crippen LogP contribution < -0.4 is 5.32 Å². The van der Waals surface area contributed by atoms with E-state index >= 15 is 0 Å². The van der Waals surface area contributed by atoms with Crippen molar-refractivity contribution in [2.24, 2.45) is 0 Å². The molecule has 8 nitrogen and oxygen atoms in total. The Balaban J connectivity index is 1.85. The lowest BCUT2D eigenvalue weighted by molar-refractivity contribution is 0.0494. The highest BCUT2D eigenvalue weighted by atomic mass is 35.5. The molecule has 0 radical (unpaired) electrons. The molecule has 1 N–H and O–H groups in total. The number of rotatable bonds is 7. The van der Waals surface area contributed by atoms with Crippen molar-refractivity contribution in [3.8, 4) is 0 Å². The number of alkyl carbamates (subject to hydrolysis) is 1. The lowest BCUT2D eigenvalue weighted by Crippen LogP contribution is -2.36. The Morgan fingerprint density at radius 3 is 2.41 bits per heavy atom. The Morgan fingerprint density at radius 1 is 1.09 bits per heavy atom. The number of carbonyl (C=O) groups is 1. The minimum Gasteiger partial charge on any atom is -0.444 e. The number of halogens is 1. The first kappa shape index (κ1) is 23.7. The minimum atomic E-state index is -3.95. The van der Waals surface area contributed by atoms with Crippen LogP contribution in [0.15, 0.2) is 64.2 Å². The molecule has 0 saturated heterocycles. The first-order valence-corrected chi connectivity index (χ1v) is 11.9. The molecular weight excluding hydrogens is 454 g/mol. The van der Waals surface area contributed by atoms with Crippen LogP contribution in [0.3, 0.4) is 0 Å². The number of nitrogens with one attached hydrogen (secondary N) is 1. The molecule has 1 amide bonds. The van der Waals surface area contributed by atoms with E-state index in [1.165, 1.54) is 0 Å². The van der Waals surface area contributed by atoms with Crippen molar-refractivity contribution >= 4 is 27.5 Å². The largest absolute Gasteiger partial charge is 0.444 e. The van der Waals surface area contributed by atoms with Gasteiger partial charge in [-0.1, -0.05) is 65.2 Å². The van der Waals surface area contributed by atoms with E-state index < -0.39 is 38.5 Å². The second-order valence-electron chi connectivity index (χ2n) is 8.15. The molecule has 3 aromatic rings. The second kappa shape index (κ2) is 9.70. The molecule has 32 heavy (non-hydrogen) atoms. The molecular formula is C22H24ClN3O5S. The monoisotopic (exact) mass is 477 g/mol. The average molecular weight is 478 g/mol. The Hall–Kier alpha value is -2.91. The van der Waals surface area contributed by atoms with E-state index in [4.69, 9.17) is 20.8 Å². The summed E-state index contributed by atoms with van der Waals surface area (Å²) in [6, 6.07) is 15.1. The molecule has 10 heteroatoms. The zero-order chi connectivity index (χ0) is 23.4. The lowest BCUT2D eigenvalue weighted by Gasteiger charge is -2.22. The van der Waals surface area contributed by atoms with Gasteiger partial charge in [0.15, 0.2) is 0 Å². The Kier molecular flexibility index (Phi) is 7.20. The number of carbonyl (C=O) groups excluding carboxylic acids is 1. The summed E-state index contributed by atoms with van der Waals surface area (Å²) in [4.78, 5) is 12.4. The maximum Gasteiger partial charge on any atom is 0.408 e. The number of hydrogen-bond acceptors (Lipinski definition) is 7. The summed E-state index contributed by atoms with van der Waals surface area (Å²) >= 11 is 6.08. The van der Waals surface area contributed by atoms with Crippen LogP contribution in [0.1, 0.15) is 43.8 Å². The SMILES string of the molecule is CC(C)(C)OC(=O)N[C@H](Cc1ccccc1)c1nnc(S(=O)(=O)Cc2ccccc2Cl)o1. The molecule has 0 spiro atoms. The molecule has 0 aliphatic rings. The zero-order valence-corrected chi connectivity index (χ0v) is 19.5. The summed E-state index contributed by atoms with van der Waals surface area (Å²) < 4.78 is 36.4. The van der Waals surface area contributed by atoms with Crippen molar-refractivity contribution in [2.75, 3.05) is 0 Å². The Morgan fingerprint density at radius 2 is 1.75 bits per heavy atom. The van der Waals surface area contributed by atoms with Gasteiger partial charge in [-0.15, -0.1) is 5.10 Å². The molecule has 3 rings (SSSR count). The fourth-order valence-corrected chi connectivity index (χ4v) is 4.31. The van der Waals surface area contributed by atoms with Crippen LogP contribution in [0.25, 0.3) is 0 Å². The smallest absolute Gasteiger partial charge is 0.408 e. The summed E-state index contributed by atoms with van der Waals surface area (Å²) in [5.74, 6) is -0.436. The van der Waals surface area contributed by atoms with Gasteiger partial charge in [0, 0.05) is 11.4 Å². The summed E-state index contributed by atoms with van der Waals surface area (Å²) in [6.07, 6.45) is -0.385. The average Bonchev–Trinajstić information content (AvgIpc) is 3.20. The molecule has 2 aromatic carbocycles. The van der Waals surface area contributed by atoms with Gasteiger partial charge in [0.25, 0.3) is 0 Å². The van der Waals surface area contributed by atoms with Crippen LogP contribution in [0.4, 0.5) is 4.79 Å². The number of benzene rings is 2. The highest BCUT2D eigenvalue weighted by molar-refractivity contribution is 7.90. The number of hydrogen-bond donors (Lipinski definition) is 1. The highest BCUT2D eigenvalue weighted by Crippen LogP contribution is 2.24. The van der Waals surface area contributed by atoms with E-state index in [-0.39, 0.29) is 5.89 Å². The number of nitrogens with zero attached hydrogens (tertiary/aromatic N) is 2. The van der Waals surface area contributed by atoms with E-state index in [0.717, 1.165) is 5.56 Å². The topological polar surface area (TPSA) is 111 Å². The third kappa shape index (κ3) is 6.54. The van der Waals surface area contributed by atoms with Crippen LogP contribution in [-0.4, -0.2) is 30.3 Å². The Bertz CT molecular complexity index is 1170. The van der Waals surface area contributed by atoms with Crippen molar-refractivity contribution in [3.63, 3.8) is 0 Å². The van der Waals surface area contributed by atoms with Gasteiger partial charge < -0.3 is 14.5 Å². The molecule has 0 unspecified atom stereocenters. The van der Waals surface area contributed by atoms with Crippen LogP contribution >= 0.6 is 11.6 Å². The first-order chi connectivity index (χ1) is 15.0. The van der Waals surface area contributed by atoms with Gasteiger partial charge in [0.05, 0.1) is 5.75 Å². The molecule has 0 fully saturated rings. The standard InChI is InChI=1S/C22H24ClN3O5S/c1-22(2,3)31-20(27)24-18(13-15-9-5-4-6-10-15)19-25-26-21(30-19)32(28,29)14-16-11-7-8-12-17(16)23/h4-12,18H,13-14H2,1-3H3,(H,24,27)/t18-/m1/s1. The fraction of sp³-hybridized carbons (Fsp3) is 0.318. The summed E-state index contributed by atoms with van der Waals surface area (Å²) in [5, 5.41) is 10.1. The van der Waals surface area contributed by atoms with E-state index in [1.807, 2.05) is 30.3 Å². The van der Waals surface area contributed by atoms with Gasteiger partial charge in [-0.05, 0) is 38.0 Å². The quantitative estimate of drug-likeness (QED) is 0.533. The van der Waals surface area contributed by atoms with Gasteiger partial charge in [-0.25, -0.2) is 13.2 Å². The van der Waals surface area contributed by atoms with Gasteiger partial charge in [-0.3, -0.25) is 0 Å². The predicted molar refractivity (Wildman–Crippen MR) is 119 cm³/mol. The van der Waals surface area contributed by atoms with E-state index in [1.54, 1.807) is 45.0 Å². The number of amides is 1. The van der Waals surface area contributed by atoms with Gasteiger partial charge in [0.2, 0.25) is 15.7 Å². The molecule has 0 aliphatic carbocycles. The van der Waals surface area contributed by atoms with Gasteiger partial charge in [0.1, 0.15) is 11.6 Å². The predicted octanol–water partition coefficient (Wildman–Crippen LogP) is 4.51. The Labute approximate surface area is 191 Å². The summed E-state index contributed by atoms with van der Waals surface area (Å²) in [5.41, 5.74) is 0.591. The van der Waals surface area contributed by atoms with Gasteiger partial charge >= 0.3 is 11.3 Å². The number of aromatic nitrogens is 2. The molecule has 1 aromatic heterocycles. The summed E-state index contributed by atoms with van der Waals surface area (Å²) in [7, 11) is -3.95. The van der Waals surface area contributed by atoms with Crippen molar-refractivity contribution in [1.82, 2.24) is 15.5 Å². The molecule has 170 valence electrons. The van der Waals surface area contributed by atoms with Crippen LogP contribution in [0.2, 0.25) is 5.02 Å². The second-order valence-corrected chi connectivity index (χ2v) is 10.4. The molecule has 1 atom stereocenters. The van der Waals surface area contributed by atoms with E-state index in [9.17, 15) is 13.2 Å². The number of ether oxygens (including phenoxy) is 1. The fourth-order valence-electron chi connectivity index (χ4n) is 2.87. The molecule has 0 bridgehead atoms. The van der Waals surface area contributed by atoms with Crippen molar-refractivity contribution in [2.45, 2.75) is 49.8 Å². The normalized spacial score (nSPS) is 12.9. The minimum absolute atomic E-state index is 0.0440. The highest BCUT2D eigenvalue weighted by Gasteiger charge is 2.29. The van der Waals surface area contributed by atoms with Crippen LogP contribution in [0.5, 0.6) is 0 Å². The molecule has 0 saturated carbocycles. The maximum atomic E-state index is 12.8. The van der Waals surface area contributed by atoms with Crippen molar-refractivity contribution in [3.05, 3.63) is 76.6 Å². The lowest BCUT2D eigenvalue weighted by atomic mass is 10.1. The van der Waals surface area contributed by atoms with Crippen molar-refractivity contribution < 1.29 is 22.4 Å². The third-order valence-electron chi connectivity index (χ3n) is 4.26. The summed E-state index contributed by atoms with van der Waals surface area (Å²) in [6.45, 7) is 5.22.